The van der Waals surface area contributed by atoms with Crippen molar-refractivity contribution in [2.45, 2.75) is 194 Å². The fourth-order valence-corrected chi connectivity index (χ4v) is 5.80. The van der Waals surface area contributed by atoms with Gasteiger partial charge < -0.3 is 0 Å². The second-order valence-corrected chi connectivity index (χ2v) is 11.5. The van der Waals surface area contributed by atoms with Crippen molar-refractivity contribution in [3.63, 3.8) is 0 Å². The van der Waals surface area contributed by atoms with E-state index in [0.717, 1.165) is 0 Å². The minimum absolute atomic E-state index is 0.615. The highest BCUT2D eigenvalue weighted by Gasteiger charge is 2.25. The lowest BCUT2D eigenvalue weighted by Crippen LogP contribution is -2.41. The Morgan fingerprint density at radius 3 is 1.34 bits per heavy atom. The summed E-state index contributed by atoms with van der Waals surface area (Å²) in [5.41, 5.74) is 0. The second kappa shape index (κ2) is 23.6. The summed E-state index contributed by atoms with van der Waals surface area (Å²) >= 11 is 0. The Morgan fingerprint density at radius 1 is 0.543 bits per heavy atom. The Balaban J connectivity index is 2.30. The first kappa shape index (κ1) is 32.2. The number of imidazole rings is 1. The lowest BCUT2D eigenvalue weighted by Gasteiger charge is -2.17. The highest BCUT2D eigenvalue weighted by molar-refractivity contribution is 4.90. The molecule has 0 fully saturated rings. The number of nitrogens with one attached hydrogen (secondary N) is 1. The van der Waals surface area contributed by atoms with Gasteiger partial charge in [-0.25, -0.2) is 9.55 Å². The molecule has 1 aromatic heterocycles. The molecule has 0 bridgehead atoms. The van der Waals surface area contributed by atoms with E-state index in [9.17, 15) is 0 Å². The van der Waals surface area contributed by atoms with Gasteiger partial charge in [0.1, 0.15) is 12.4 Å². The highest BCUT2D eigenvalue weighted by Crippen LogP contribution is 2.27. The maximum atomic E-state index is 3.67. The summed E-state index contributed by atoms with van der Waals surface area (Å²) in [6.45, 7) is 9.33. The van der Waals surface area contributed by atoms with Crippen molar-refractivity contribution in [3.8, 4) is 0 Å². The SMILES string of the molecule is CCCCCCCCCCCCCCCC(CCCCCCCCC)c1[nH]cc[n+]1C(C)CCC. The Hall–Kier alpha value is -0.790. The van der Waals surface area contributed by atoms with Crippen LogP contribution in [0.3, 0.4) is 0 Å². The summed E-state index contributed by atoms with van der Waals surface area (Å²) in [6, 6.07) is 0.615. The van der Waals surface area contributed by atoms with Crippen LogP contribution in [0.15, 0.2) is 12.4 Å². The first-order valence-electron chi connectivity index (χ1n) is 16.3. The Kier molecular flexibility index (Phi) is 21.7. The number of H-pyrrole nitrogens is 1. The number of nitrogens with zero attached hydrogens (tertiary/aromatic N) is 1. The van der Waals surface area contributed by atoms with Gasteiger partial charge in [-0.3, -0.25) is 0 Å². The minimum atomic E-state index is 0.615. The number of rotatable bonds is 26. The number of aromatic nitrogens is 2. The molecule has 2 atom stereocenters. The van der Waals surface area contributed by atoms with Crippen LogP contribution in [0.2, 0.25) is 0 Å². The minimum Gasteiger partial charge on any atom is -0.247 e. The van der Waals surface area contributed by atoms with Gasteiger partial charge in [-0.15, -0.1) is 0 Å². The Labute approximate surface area is 221 Å². The van der Waals surface area contributed by atoms with Crippen LogP contribution in [0, 0.1) is 0 Å². The van der Waals surface area contributed by atoms with Crippen molar-refractivity contribution in [3.05, 3.63) is 18.2 Å². The quantitative estimate of drug-likeness (QED) is 0.0985. The van der Waals surface area contributed by atoms with E-state index in [4.69, 9.17) is 0 Å². The van der Waals surface area contributed by atoms with Crippen molar-refractivity contribution < 1.29 is 4.57 Å². The Morgan fingerprint density at radius 2 is 0.943 bits per heavy atom. The predicted molar refractivity (Wildman–Crippen MR) is 156 cm³/mol. The van der Waals surface area contributed by atoms with Crippen LogP contribution >= 0.6 is 0 Å². The molecular weight excluding hydrogens is 424 g/mol. The number of hydrogen-bond acceptors (Lipinski definition) is 0. The predicted octanol–water partition coefficient (Wildman–Crippen LogP) is 11.4. The third-order valence-electron chi connectivity index (χ3n) is 8.12. The van der Waals surface area contributed by atoms with Crippen molar-refractivity contribution >= 4 is 0 Å². The first-order valence-corrected chi connectivity index (χ1v) is 16.3. The van der Waals surface area contributed by atoms with E-state index < -0.39 is 0 Å². The number of aromatic amines is 1. The molecule has 2 unspecified atom stereocenters. The van der Waals surface area contributed by atoms with Crippen LogP contribution in [0.5, 0.6) is 0 Å². The monoisotopic (exact) mass is 490 g/mol. The smallest absolute Gasteiger partial charge is 0.247 e. The van der Waals surface area contributed by atoms with Gasteiger partial charge in [0.05, 0.1) is 12.0 Å². The lowest BCUT2D eigenvalue weighted by molar-refractivity contribution is -0.727. The molecule has 0 aromatic carbocycles. The molecule has 0 amide bonds. The van der Waals surface area contributed by atoms with Crippen molar-refractivity contribution in [1.29, 1.82) is 0 Å². The van der Waals surface area contributed by atoms with Gasteiger partial charge in [0.25, 0.3) is 5.82 Å². The second-order valence-electron chi connectivity index (χ2n) is 11.5. The summed E-state index contributed by atoms with van der Waals surface area (Å²) in [6.07, 6.45) is 38.4. The third-order valence-corrected chi connectivity index (χ3v) is 8.12. The van der Waals surface area contributed by atoms with Gasteiger partial charge in [-0.2, -0.15) is 0 Å². The van der Waals surface area contributed by atoms with Crippen LogP contribution in [0.1, 0.15) is 200 Å². The molecule has 35 heavy (non-hydrogen) atoms. The normalized spacial score (nSPS) is 13.4. The summed E-state index contributed by atoms with van der Waals surface area (Å²) < 4.78 is 2.57. The van der Waals surface area contributed by atoms with E-state index in [1.54, 1.807) is 0 Å². The van der Waals surface area contributed by atoms with Crippen LogP contribution < -0.4 is 4.57 Å². The molecule has 1 rings (SSSR count). The zero-order valence-electron chi connectivity index (χ0n) is 24.7. The van der Waals surface area contributed by atoms with Gasteiger partial charge >= 0.3 is 0 Å². The zero-order valence-corrected chi connectivity index (χ0v) is 24.7. The Bertz CT molecular complexity index is 549. The van der Waals surface area contributed by atoms with Gasteiger partial charge in [0.2, 0.25) is 0 Å². The molecule has 0 aliphatic carbocycles. The standard InChI is InChI=1S/C33H64N2/c1-5-8-10-12-14-15-16-17-18-19-21-23-25-28-32(27-24-22-20-13-11-9-6-2)33-34-29-30-35(33)31(4)26-7-3/h29-32H,5-28H2,1-4H3/p+1. The van der Waals surface area contributed by atoms with E-state index in [1.807, 2.05) is 0 Å². The molecule has 1 heterocycles. The molecule has 1 N–H and O–H groups in total. The van der Waals surface area contributed by atoms with Crippen LogP contribution in [0.25, 0.3) is 0 Å². The molecule has 1 aromatic rings. The maximum Gasteiger partial charge on any atom is 0.257 e. The fraction of sp³-hybridized carbons (Fsp3) is 0.909. The summed E-state index contributed by atoms with van der Waals surface area (Å²) in [7, 11) is 0. The summed E-state index contributed by atoms with van der Waals surface area (Å²) in [4.78, 5) is 3.67. The molecule has 0 aliphatic rings. The number of hydrogen-bond donors (Lipinski definition) is 1. The molecular formula is C33H65N2+. The maximum absolute atomic E-state index is 3.67. The molecule has 2 heteroatoms. The molecule has 0 saturated heterocycles. The number of unbranched alkanes of at least 4 members (excludes halogenated alkanes) is 18. The van der Waals surface area contributed by atoms with E-state index in [-0.39, 0.29) is 0 Å². The molecule has 2 nitrogen and oxygen atoms in total. The van der Waals surface area contributed by atoms with Gasteiger partial charge in [0.15, 0.2) is 0 Å². The van der Waals surface area contributed by atoms with Crippen LogP contribution in [-0.4, -0.2) is 4.98 Å². The molecule has 0 spiro atoms. The van der Waals surface area contributed by atoms with Crippen LogP contribution in [-0.2, 0) is 0 Å². The fourth-order valence-electron chi connectivity index (χ4n) is 5.80. The molecule has 0 saturated carbocycles. The highest BCUT2D eigenvalue weighted by atomic mass is 15.1. The van der Waals surface area contributed by atoms with E-state index in [1.165, 1.54) is 160 Å². The van der Waals surface area contributed by atoms with Gasteiger partial charge in [-0.1, -0.05) is 156 Å². The van der Waals surface area contributed by atoms with E-state index in [2.05, 4.69) is 49.6 Å². The topological polar surface area (TPSA) is 19.7 Å². The van der Waals surface area contributed by atoms with Crippen molar-refractivity contribution in [1.82, 2.24) is 4.98 Å². The molecule has 0 radical (unpaired) electrons. The van der Waals surface area contributed by atoms with Crippen molar-refractivity contribution in [2.24, 2.45) is 0 Å². The van der Waals surface area contributed by atoms with Gasteiger partial charge in [0, 0.05) is 0 Å². The summed E-state index contributed by atoms with van der Waals surface area (Å²) in [5.74, 6) is 2.23. The summed E-state index contributed by atoms with van der Waals surface area (Å²) in [5, 5.41) is 0. The van der Waals surface area contributed by atoms with Crippen molar-refractivity contribution in [2.75, 3.05) is 0 Å². The van der Waals surface area contributed by atoms with Gasteiger partial charge in [-0.05, 0) is 26.2 Å². The molecule has 206 valence electrons. The third kappa shape index (κ3) is 16.6. The first-order chi connectivity index (χ1) is 17.2. The van der Waals surface area contributed by atoms with Crippen LogP contribution in [0.4, 0.5) is 0 Å². The average Bonchev–Trinajstić information content (AvgIpc) is 3.35. The van der Waals surface area contributed by atoms with E-state index >= 15 is 0 Å². The molecule has 0 aliphatic heterocycles. The lowest BCUT2D eigenvalue weighted by atomic mass is 9.93. The zero-order chi connectivity index (χ0) is 25.4. The average molecular weight is 490 g/mol. The van der Waals surface area contributed by atoms with E-state index in [0.29, 0.717) is 12.0 Å². The largest absolute Gasteiger partial charge is 0.257 e.